The molecule has 0 unspecified atom stereocenters. The Bertz CT molecular complexity index is 624. The fourth-order valence-corrected chi connectivity index (χ4v) is 1.91. The zero-order valence-corrected chi connectivity index (χ0v) is 12.1. The van der Waals surface area contributed by atoms with E-state index in [1.54, 1.807) is 36.3 Å². The summed E-state index contributed by atoms with van der Waals surface area (Å²) in [6.07, 6.45) is 3.35. The van der Waals surface area contributed by atoms with Crippen molar-refractivity contribution in [2.75, 3.05) is 24.5 Å². The van der Waals surface area contributed by atoms with Crippen molar-refractivity contribution in [3.63, 3.8) is 0 Å². The average Bonchev–Trinajstić information content (AvgIpc) is 2.92. The van der Waals surface area contributed by atoms with Crippen molar-refractivity contribution < 1.29 is 9.53 Å². The van der Waals surface area contributed by atoms with Gasteiger partial charge in [-0.15, -0.1) is 0 Å². The van der Waals surface area contributed by atoms with Gasteiger partial charge in [0.05, 0.1) is 36.3 Å². The number of rotatable bonds is 6. The van der Waals surface area contributed by atoms with Gasteiger partial charge < -0.3 is 15.5 Å². The Morgan fingerprint density at radius 2 is 2.29 bits per heavy atom. The quantitative estimate of drug-likeness (QED) is 0.551. The Labute approximate surface area is 123 Å². The van der Waals surface area contributed by atoms with Crippen LogP contribution in [0, 0.1) is 6.92 Å². The number of nitrogens with two attached hydrogens (primary N) is 1. The topological polar surface area (TPSA) is 94.2 Å². The number of nitrogens with one attached hydrogen (secondary N) is 2. The number of carbonyl (C=O) groups is 1. The van der Waals surface area contributed by atoms with Gasteiger partial charge in [0.15, 0.2) is 0 Å². The first kappa shape index (κ1) is 15.0. The normalized spacial score (nSPS) is 10.4. The molecule has 2 aromatic rings. The van der Waals surface area contributed by atoms with Gasteiger partial charge in [0.2, 0.25) is 0 Å². The highest BCUT2D eigenvalue weighted by Gasteiger charge is 2.12. The van der Waals surface area contributed by atoms with Crippen LogP contribution in [0.1, 0.15) is 15.9 Å². The molecule has 0 saturated carbocycles. The Morgan fingerprint density at radius 1 is 1.48 bits per heavy atom. The SMILES string of the molecule is COCCn1cc(NC(=O)c2cc(C)ccc2NN)cn1. The predicted molar refractivity (Wildman–Crippen MR) is 81.0 cm³/mol. The minimum Gasteiger partial charge on any atom is -0.383 e. The van der Waals surface area contributed by atoms with Gasteiger partial charge in [0, 0.05) is 13.3 Å². The Balaban J connectivity index is 2.10. The number of hydrazine groups is 1. The molecule has 2 rings (SSSR count). The molecule has 21 heavy (non-hydrogen) atoms. The maximum atomic E-state index is 12.3. The molecule has 0 fully saturated rings. The van der Waals surface area contributed by atoms with Crippen LogP contribution in [0.15, 0.2) is 30.6 Å². The summed E-state index contributed by atoms with van der Waals surface area (Å²) in [4.78, 5) is 12.3. The first-order chi connectivity index (χ1) is 10.1. The van der Waals surface area contributed by atoms with E-state index in [0.717, 1.165) is 5.56 Å². The second-order valence-corrected chi connectivity index (χ2v) is 4.63. The zero-order valence-electron chi connectivity index (χ0n) is 12.1. The molecule has 1 aromatic carbocycles. The Kier molecular flexibility index (Phi) is 4.91. The van der Waals surface area contributed by atoms with Crippen LogP contribution in [0.3, 0.4) is 0 Å². The first-order valence-electron chi connectivity index (χ1n) is 6.54. The van der Waals surface area contributed by atoms with Crippen LogP contribution in [0.2, 0.25) is 0 Å². The van der Waals surface area contributed by atoms with Gasteiger partial charge in [-0.05, 0) is 19.1 Å². The number of benzene rings is 1. The van der Waals surface area contributed by atoms with Crippen LogP contribution >= 0.6 is 0 Å². The van der Waals surface area contributed by atoms with Crippen molar-refractivity contribution in [2.24, 2.45) is 5.84 Å². The number of carbonyl (C=O) groups excluding carboxylic acids is 1. The lowest BCUT2D eigenvalue weighted by Gasteiger charge is -2.09. The number of aryl methyl sites for hydroxylation is 1. The van der Waals surface area contributed by atoms with E-state index in [1.807, 2.05) is 13.0 Å². The molecule has 0 aliphatic rings. The average molecular weight is 289 g/mol. The number of methoxy groups -OCH3 is 1. The second-order valence-electron chi connectivity index (χ2n) is 4.63. The van der Waals surface area contributed by atoms with Crippen LogP contribution in [-0.4, -0.2) is 29.4 Å². The van der Waals surface area contributed by atoms with E-state index in [9.17, 15) is 4.79 Å². The Morgan fingerprint density at radius 3 is 3.00 bits per heavy atom. The summed E-state index contributed by atoms with van der Waals surface area (Å²) in [5.74, 6) is 5.19. The van der Waals surface area contributed by atoms with E-state index in [1.165, 1.54) is 0 Å². The van der Waals surface area contributed by atoms with Gasteiger partial charge in [0.1, 0.15) is 0 Å². The molecule has 0 radical (unpaired) electrons. The van der Waals surface area contributed by atoms with Crippen LogP contribution in [0.25, 0.3) is 0 Å². The van der Waals surface area contributed by atoms with Crippen molar-refractivity contribution in [3.05, 3.63) is 41.7 Å². The van der Waals surface area contributed by atoms with Crippen molar-refractivity contribution >= 4 is 17.3 Å². The van der Waals surface area contributed by atoms with Gasteiger partial charge in [-0.25, -0.2) is 0 Å². The van der Waals surface area contributed by atoms with E-state index in [4.69, 9.17) is 10.6 Å². The van der Waals surface area contributed by atoms with Crippen molar-refractivity contribution in [1.82, 2.24) is 9.78 Å². The van der Waals surface area contributed by atoms with E-state index >= 15 is 0 Å². The number of nitrogen functional groups attached to an aromatic ring is 1. The minimum absolute atomic E-state index is 0.238. The summed E-state index contributed by atoms with van der Waals surface area (Å²) in [7, 11) is 1.63. The monoisotopic (exact) mass is 289 g/mol. The number of hydrogen-bond acceptors (Lipinski definition) is 5. The molecule has 0 spiro atoms. The summed E-state index contributed by atoms with van der Waals surface area (Å²) >= 11 is 0. The van der Waals surface area contributed by atoms with E-state index in [-0.39, 0.29) is 5.91 Å². The standard InChI is InChI=1S/C14H19N5O2/c1-10-3-4-13(18-15)12(7-10)14(20)17-11-8-16-19(9-11)5-6-21-2/h3-4,7-9,18H,5-6,15H2,1-2H3,(H,17,20). The maximum absolute atomic E-state index is 12.3. The molecule has 0 atom stereocenters. The number of aromatic nitrogens is 2. The smallest absolute Gasteiger partial charge is 0.257 e. The number of nitrogens with zero attached hydrogens (tertiary/aromatic N) is 2. The summed E-state index contributed by atoms with van der Waals surface area (Å²) in [6, 6.07) is 5.43. The molecule has 7 heteroatoms. The third-order valence-electron chi connectivity index (χ3n) is 2.99. The van der Waals surface area contributed by atoms with E-state index < -0.39 is 0 Å². The molecule has 4 N–H and O–H groups in total. The van der Waals surface area contributed by atoms with E-state index in [0.29, 0.717) is 30.1 Å². The lowest BCUT2D eigenvalue weighted by Crippen LogP contribution is -2.17. The molecule has 0 saturated heterocycles. The third-order valence-corrected chi connectivity index (χ3v) is 2.99. The summed E-state index contributed by atoms with van der Waals surface area (Å²) < 4.78 is 6.68. The number of anilines is 2. The number of hydrogen-bond donors (Lipinski definition) is 3. The Hall–Kier alpha value is -2.38. The highest BCUT2D eigenvalue weighted by molar-refractivity contribution is 6.08. The maximum Gasteiger partial charge on any atom is 0.257 e. The summed E-state index contributed by atoms with van der Waals surface area (Å²) in [6.45, 7) is 3.11. The highest BCUT2D eigenvalue weighted by Crippen LogP contribution is 2.18. The predicted octanol–water partition coefficient (Wildman–Crippen LogP) is 1.38. The molecule has 112 valence electrons. The van der Waals surface area contributed by atoms with Gasteiger partial charge in [0.25, 0.3) is 5.91 Å². The molecule has 0 aliphatic carbocycles. The molecule has 0 aliphatic heterocycles. The molecule has 1 heterocycles. The van der Waals surface area contributed by atoms with Crippen LogP contribution in [0.4, 0.5) is 11.4 Å². The lowest BCUT2D eigenvalue weighted by molar-refractivity contribution is 0.102. The fraction of sp³-hybridized carbons (Fsp3) is 0.286. The molecule has 7 nitrogen and oxygen atoms in total. The van der Waals surface area contributed by atoms with Crippen LogP contribution < -0.4 is 16.6 Å². The highest BCUT2D eigenvalue weighted by atomic mass is 16.5. The van der Waals surface area contributed by atoms with Crippen molar-refractivity contribution in [1.29, 1.82) is 0 Å². The first-order valence-corrected chi connectivity index (χ1v) is 6.54. The third kappa shape index (κ3) is 3.80. The van der Waals surface area contributed by atoms with Crippen LogP contribution in [-0.2, 0) is 11.3 Å². The van der Waals surface area contributed by atoms with E-state index in [2.05, 4.69) is 15.8 Å². The molecule has 1 aromatic heterocycles. The second kappa shape index (κ2) is 6.87. The summed E-state index contributed by atoms with van der Waals surface area (Å²) in [5.41, 5.74) is 5.19. The largest absolute Gasteiger partial charge is 0.383 e. The fourth-order valence-electron chi connectivity index (χ4n) is 1.91. The molecule has 0 bridgehead atoms. The molecule has 1 amide bonds. The van der Waals surface area contributed by atoms with Crippen molar-refractivity contribution in [2.45, 2.75) is 13.5 Å². The van der Waals surface area contributed by atoms with Gasteiger partial charge in [-0.3, -0.25) is 15.3 Å². The number of ether oxygens (including phenoxy) is 1. The minimum atomic E-state index is -0.238. The van der Waals surface area contributed by atoms with Gasteiger partial charge >= 0.3 is 0 Å². The van der Waals surface area contributed by atoms with Gasteiger partial charge in [-0.2, -0.15) is 5.10 Å². The molecular formula is C14H19N5O2. The van der Waals surface area contributed by atoms with Gasteiger partial charge in [-0.1, -0.05) is 11.6 Å². The number of amides is 1. The van der Waals surface area contributed by atoms with Crippen molar-refractivity contribution in [3.8, 4) is 0 Å². The zero-order chi connectivity index (χ0) is 15.2. The molecular weight excluding hydrogens is 270 g/mol. The van der Waals surface area contributed by atoms with Crippen LogP contribution in [0.5, 0.6) is 0 Å². The summed E-state index contributed by atoms with van der Waals surface area (Å²) in [5, 5.41) is 6.94. The lowest BCUT2D eigenvalue weighted by atomic mass is 10.1.